The Bertz CT molecular complexity index is 1010. The van der Waals surface area contributed by atoms with Crippen LogP contribution >= 0.6 is 0 Å². The molecule has 0 aromatic carbocycles. The number of hydrogen-bond donors (Lipinski definition) is 14. The van der Waals surface area contributed by atoms with Gasteiger partial charge in [-0.25, -0.2) is 4.79 Å². The van der Waals surface area contributed by atoms with E-state index in [1.165, 1.54) is 0 Å². The quantitative estimate of drug-likeness (QED) is 0.0667. The molecule has 53 heavy (non-hydrogen) atoms. The number of nitrogens with zero attached hydrogens (tertiary/aromatic N) is 2. The zero-order chi connectivity index (χ0) is 44.1. The molecule has 0 aliphatic rings. The second-order valence-electron chi connectivity index (χ2n) is 9.13. The summed E-state index contributed by atoms with van der Waals surface area (Å²) < 4.78 is 0. The zero-order valence-corrected chi connectivity index (χ0v) is 29.0. The molecule has 0 aliphatic heterocycles. The maximum atomic E-state index is 10.6. The van der Waals surface area contributed by atoms with Crippen molar-refractivity contribution in [2.45, 2.75) is 46.1 Å². The molecule has 310 valence electrons. The molecule has 0 bridgehead atoms. The van der Waals surface area contributed by atoms with E-state index < -0.39 is 110 Å². The highest BCUT2D eigenvalue weighted by atomic mass is 16.4. The van der Waals surface area contributed by atoms with Crippen LogP contribution in [-0.4, -0.2) is 195 Å². The zero-order valence-electron chi connectivity index (χ0n) is 29.0. The first-order valence-corrected chi connectivity index (χ1v) is 13.7. The average Bonchev–Trinajstić information content (AvgIpc) is 2.88. The molecule has 0 radical (unpaired) electrons. The third kappa shape index (κ3) is 87.0. The van der Waals surface area contributed by atoms with Gasteiger partial charge in [-0.15, -0.1) is 0 Å². The molecule has 27 nitrogen and oxygen atoms in total. The minimum atomic E-state index is -2.74. The van der Waals surface area contributed by atoms with Gasteiger partial charge in [0.2, 0.25) is 0 Å². The average molecular weight is 785 g/mol. The van der Waals surface area contributed by atoms with Crippen molar-refractivity contribution < 1.29 is 114 Å². The molecular weight excluding hydrogens is 736 g/mol. The van der Waals surface area contributed by atoms with Gasteiger partial charge in [-0.2, -0.15) is 0 Å². The van der Waals surface area contributed by atoms with Gasteiger partial charge in [-0.05, 0) is 0 Å². The van der Waals surface area contributed by atoms with E-state index >= 15 is 0 Å². The summed E-state index contributed by atoms with van der Waals surface area (Å²) >= 11 is 0. The summed E-state index contributed by atoms with van der Waals surface area (Å²) in [6.45, 7) is 3.28. The first-order chi connectivity index (χ1) is 23.8. The van der Waals surface area contributed by atoms with Crippen LogP contribution in [0.15, 0.2) is 0 Å². The van der Waals surface area contributed by atoms with Crippen LogP contribution in [-0.2, 0) is 52.7 Å². The highest BCUT2D eigenvalue weighted by molar-refractivity contribution is 5.88. The molecule has 0 heterocycles. The maximum absolute atomic E-state index is 10.6. The van der Waals surface area contributed by atoms with Gasteiger partial charge in [0.15, 0.2) is 5.60 Å². The van der Waals surface area contributed by atoms with E-state index in [9.17, 15) is 33.6 Å². The van der Waals surface area contributed by atoms with Crippen molar-refractivity contribution in [3.05, 3.63) is 0 Å². The summed E-state index contributed by atoms with van der Waals surface area (Å²) in [5, 5.41) is 97.9. The van der Waals surface area contributed by atoms with Gasteiger partial charge in [-0.3, -0.25) is 57.7 Å². The third-order valence-corrected chi connectivity index (χ3v) is 3.62. The molecule has 0 saturated carbocycles. The Morgan fingerprint density at radius 3 is 0.679 bits per heavy atom. The van der Waals surface area contributed by atoms with Crippen LogP contribution in [0.1, 0.15) is 40.5 Å². The fraction of sp³-hybridized carbons (Fsp3) is 0.577. The van der Waals surface area contributed by atoms with Crippen LogP contribution in [0.3, 0.4) is 0 Å². The second-order valence-corrected chi connectivity index (χ2v) is 9.13. The van der Waals surface area contributed by atoms with Crippen molar-refractivity contribution in [2.24, 2.45) is 11.5 Å². The lowest BCUT2D eigenvalue weighted by Crippen LogP contribution is -2.43. The Labute approximate surface area is 299 Å². The van der Waals surface area contributed by atoms with E-state index in [1.807, 2.05) is 0 Å². The smallest absolute Gasteiger partial charge is 0.336 e. The predicted octanol–water partition coefficient (Wildman–Crippen LogP) is -4.05. The fourth-order valence-electron chi connectivity index (χ4n) is 2.19. The van der Waals surface area contributed by atoms with Crippen LogP contribution in [0.4, 0.5) is 0 Å². The van der Waals surface area contributed by atoms with Crippen LogP contribution in [0.2, 0.25) is 0 Å². The normalized spacial score (nSPS) is 9.15. The molecule has 0 fully saturated rings. The molecule has 0 unspecified atom stereocenters. The van der Waals surface area contributed by atoms with Crippen LogP contribution in [0.25, 0.3) is 0 Å². The Morgan fingerprint density at radius 1 is 0.415 bits per heavy atom. The van der Waals surface area contributed by atoms with E-state index in [0.717, 1.165) is 37.5 Å². The molecule has 27 heteroatoms. The van der Waals surface area contributed by atoms with E-state index in [0.29, 0.717) is 13.1 Å². The van der Waals surface area contributed by atoms with Crippen LogP contribution in [0.5, 0.6) is 0 Å². The van der Waals surface area contributed by atoms with E-state index in [-0.39, 0.29) is 13.1 Å². The number of aliphatic hydroxyl groups is 1. The summed E-state index contributed by atoms with van der Waals surface area (Å²) in [6.07, 6.45) is -2.29. The molecule has 0 amide bonds. The third-order valence-electron chi connectivity index (χ3n) is 3.62. The summed E-state index contributed by atoms with van der Waals surface area (Å²) in [5.41, 5.74) is 7.07. The van der Waals surface area contributed by atoms with Gasteiger partial charge in [0.05, 0.1) is 39.0 Å². The van der Waals surface area contributed by atoms with E-state index in [1.54, 1.807) is 0 Å². The molecular formula is C26H48N4O23. The summed E-state index contributed by atoms with van der Waals surface area (Å²) in [5.74, 6) is -13.3. The van der Waals surface area contributed by atoms with Gasteiger partial charge in [0, 0.05) is 53.9 Å². The first-order valence-electron chi connectivity index (χ1n) is 13.7. The Hall–Kier alpha value is -6.03. The number of rotatable bonds is 17. The fourth-order valence-corrected chi connectivity index (χ4v) is 2.19. The van der Waals surface area contributed by atoms with Gasteiger partial charge < -0.3 is 72.7 Å². The largest absolute Gasteiger partial charge is 0.481 e. The monoisotopic (exact) mass is 784 g/mol. The Morgan fingerprint density at radius 2 is 0.585 bits per heavy atom. The second kappa shape index (κ2) is 38.8. The summed E-state index contributed by atoms with van der Waals surface area (Å²) in [4.78, 5) is 111. The van der Waals surface area contributed by atoms with Crippen molar-refractivity contribution in [2.75, 3.05) is 52.4 Å². The predicted molar refractivity (Wildman–Crippen MR) is 172 cm³/mol. The number of carbonyl (C=O) groups is 11. The highest BCUT2D eigenvalue weighted by Gasteiger charge is 2.40. The number of carboxylic acid groups (broad SMARTS) is 11. The molecule has 16 N–H and O–H groups in total. The van der Waals surface area contributed by atoms with Crippen LogP contribution < -0.4 is 11.5 Å². The van der Waals surface area contributed by atoms with Crippen molar-refractivity contribution in [1.82, 2.24) is 9.80 Å². The molecule has 0 spiro atoms. The van der Waals surface area contributed by atoms with E-state index in [4.69, 9.17) is 91.9 Å². The lowest BCUT2D eigenvalue weighted by Gasteiger charge is -2.23. The molecule has 0 saturated heterocycles. The van der Waals surface area contributed by atoms with Gasteiger partial charge in [-0.1, -0.05) is 0 Å². The minimum absolute atomic E-state index is 0.0703. The summed E-state index contributed by atoms with van der Waals surface area (Å²) in [7, 11) is 0. The molecule has 0 aromatic heterocycles. The first kappa shape index (κ1) is 62.1. The topological polar surface area (TPSA) is 489 Å². The summed E-state index contributed by atoms with van der Waals surface area (Å²) in [6, 6.07) is 0. The van der Waals surface area contributed by atoms with Crippen LogP contribution in [0, 0.1) is 0 Å². The number of nitrogens with two attached hydrogens (primary N) is 2. The standard InChI is InChI=1S/C10H16N2O8.C6H8O7.C2H8N2.4C2H4O2/c13-7(14)3-11(4-8(15)16)1-2-12(5-9(17)18)6-10(19)20;7-3(8)1-6(13,5(11)12)2-4(9)10;3-1-2-4;4*1-2(3)4/h1-6H2,(H,13,14)(H,15,16)(H,17,18)(H,19,20);13H,1-2H2,(H,7,8)(H,9,10)(H,11,12);1-4H2;4*1H3,(H,3,4). The lowest BCUT2D eigenvalue weighted by molar-refractivity contribution is -0.170. The number of aliphatic carboxylic acids is 11. The number of carboxylic acids is 11. The Kier molecular flexibility index (Phi) is 45.4. The SMILES string of the molecule is CC(=O)O.CC(=O)O.CC(=O)O.CC(=O)O.NCCN.O=C(O)CC(O)(CC(=O)O)C(=O)O.O=C(O)CN(CCN(CC(=O)O)CC(=O)O)CC(=O)O. The molecule has 0 aromatic rings. The van der Waals surface area contributed by atoms with Gasteiger partial charge >= 0.3 is 41.8 Å². The molecule has 0 atom stereocenters. The van der Waals surface area contributed by atoms with Crippen molar-refractivity contribution in [3.8, 4) is 0 Å². The number of hydrogen-bond acceptors (Lipinski definition) is 16. The molecule has 0 aliphatic carbocycles. The van der Waals surface area contributed by atoms with Crippen molar-refractivity contribution >= 4 is 65.7 Å². The minimum Gasteiger partial charge on any atom is -0.481 e. The van der Waals surface area contributed by atoms with Crippen molar-refractivity contribution in [1.29, 1.82) is 0 Å². The maximum Gasteiger partial charge on any atom is 0.336 e. The lowest BCUT2D eigenvalue weighted by atomic mass is 9.96. The van der Waals surface area contributed by atoms with E-state index in [2.05, 4.69) is 0 Å². The Balaban J connectivity index is -0.000000109. The van der Waals surface area contributed by atoms with Crippen molar-refractivity contribution in [3.63, 3.8) is 0 Å². The highest BCUT2D eigenvalue weighted by Crippen LogP contribution is 2.15. The van der Waals surface area contributed by atoms with Gasteiger partial charge in [0.1, 0.15) is 0 Å². The van der Waals surface area contributed by atoms with Gasteiger partial charge in [0.25, 0.3) is 23.9 Å². The molecule has 0 rings (SSSR count).